The van der Waals surface area contributed by atoms with E-state index in [9.17, 15) is 4.79 Å². The first-order valence-corrected chi connectivity index (χ1v) is 4.23. The highest BCUT2D eigenvalue weighted by molar-refractivity contribution is 5.85. The number of hydrogen-bond acceptors (Lipinski definition) is 2. The molecule has 2 aliphatic rings. The topological polar surface area (TPSA) is 26.3 Å². The van der Waals surface area contributed by atoms with Crippen LogP contribution in [0.1, 0.15) is 32.1 Å². The molecule has 1 saturated carbocycles. The third-order valence-corrected chi connectivity index (χ3v) is 2.53. The Labute approximate surface area is 66.2 Å². The Morgan fingerprint density at radius 2 is 2.00 bits per heavy atom. The fourth-order valence-electron chi connectivity index (χ4n) is 1.91. The van der Waals surface area contributed by atoms with Crippen molar-refractivity contribution < 1.29 is 9.53 Å². The van der Waals surface area contributed by atoms with Gasteiger partial charge in [0.25, 0.3) is 0 Å². The Morgan fingerprint density at radius 1 is 1.27 bits per heavy atom. The van der Waals surface area contributed by atoms with Crippen molar-refractivity contribution in [2.75, 3.05) is 0 Å². The molecule has 0 radical (unpaired) electrons. The van der Waals surface area contributed by atoms with Gasteiger partial charge < -0.3 is 4.74 Å². The summed E-state index contributed by atoms with van der Waals surface area (Å²) in [5, 5.41) is 0. The van der Waals surface area contributed by atoms with E-state index in [0.29, 0.717) is 0 Å². The van der Waals surface area contributed by atoms with Gasteiger partial charge in [-0.2, -0.15) is 0 Å². The maximum Gasteiger partial charge on any atom is 0.331 e. The molecule has 11 heavy (non-hydrogen) atoms. The lowest BCUT2D eigenvalue weighted by Gasteiger charge is -2.30. The Morgan fingerprint density at radius 3 is 2.55 bits per heavy atom. The van der Waals surface area contributed by atoms with Crippen LogP contribution in [0.5, 0.6) is 0 Å². The van der Waals surface area contributed by atoms with Gasteiger partial charge in [-0.25, -0.2) is 4.79 Å². The van der Waals surface area contributed by atoms with Crippen molar-refractivity contribution >= 4 is 5.97 Å². The van der Waals surface area contributed by atoms with Gasteiger partial charge in [0.05, 0.1) is 0 Å². The molecule has 0 N–H and O–H groups in total. The van der Waals surface area contributed by atoms with Gasteiger partial charge >= 0.3 is 5.97 Å². The molecule has 0 amide bonds. The van der Waals surface area contributed by atoms with Crippen LogP contribution in [0.15, 0.2) is 12.2 Å². The fourth-order valence-corrected chi connectivity index (χ4v) is 1.91. The molecule has 1 heterocycles. The summed E-state index contributed by atoms with van der Waals surface area (Å²) >= 11 is 0. The van der Waals surface area contributed by atoms with Gasteiger partial charge in [0.2, 0.25) is 0 Å². The monoisotopic (exact) mass is 152 g/mol. The first kappa shape index (κ1) is 6.89. The molecule has 2 heteroatoms. The van der Waals surface area contributed by atoms with Gasteiger partial charge in [-0.3, -0.25) is 0 Å². The van der Waals surface area contributed by atoms with Crippen molar-refractivity contribution in [3.63, 3.8) is 0 Å². The smallest absolute Gasteiger partial charge is 0.331 e. The van der Waals surface area contributed by atoms with Gasteiger partial charge in [0.15, 0.2) is 0 Å². The summed E-state index contributed by atoms with van der Waals surface area (Å²) in [6.07, 6.45) is 9.21. The highest BCUT2D eigenvalue weighted by Crippen LogP contribution is 2.35. The van der Waals surface area contributed by atoms with E-state index in [0.717, 1.165) is 12.8 Å². The maximum absolute atomic E-state index is 10.8. The summed E-state index contributed by atoms with van der Waals surface area (Å²) < 4.78 is 5.24. The Hall–Kier alpha value is -0.790. The molecule has 2 nitrogen and oxygen atoms in total. The molecule has 60 valence electrons. The highest BCUT2D eigenvalue weighted by Gasteiger charge is 2.36. The number of hydrogen-bond donors (Lipinski definition) is 0. The molecule has 0 atom stereocenters. The Bertz CT molecular complexity index is 200. The van der Waals surface area contributed by atoms with Crippen LogP contribution in [0.4, 0.5) is 0 Å². The lowest BCUT2D eigenvalue weighted by Crippen LogP contribution is -2.30. The van der Waals surface area contributed by atoms with E-state index in [1.54, 1.807) is 6.08 Å². The molecule has 1 aliphatic heterocycles. The van der Waals surface area contributed by atoms with Gasteiger partial charge in [-0.15, -0.1) is 0 Å². The zero-order valence-electron chi connectivity index (χ0n) is 6.51. The average Bonchev–Trinajstić information content (AvgIpc) is 2.34. The lowest BCUT2D eigenvalue weighted by molar-refractivity contribution is -0.147. The number of ether oxygens (including phenoxy) is 1. The van der Waals surface area contributed by atoms with Gasteiger partial charge in [-0.05, 0) is 31.8 Å². The number of rotatable bonds is 0. The van der Waals surface area contributed by atoms with Crippen LogP contribution in [0.3, 0.4) is 0 Å². The van der Waals surface area contributed by atoms with Crippen molar-refractivity contribution in [2.45, 2.75) is 37.7 Å². The predicted octanol–water partition coefficient (Wildman–Crippen LogP) is 1.80. The van der Waals surface area contributed by atoms with E-state index in [4.69, 9.17) is 4.74 Å². The van der Waals surface area contributed by atoms with Crippen LogP contribution >= 0.6 is 0 Å². The molecular weight excluding hydrogens is 140 g/mol. The van der Waals surface area contributed by atoms with Crippen LogP contribution < -0.4 is 0 Å². The molecule has 2 rings (SSSR count). The van der Waals surface area contributed by atoms with Gasteiger partial charge in [0, 0.05) is 6.08 Å². The minimum Gasteiger partial charge on any atom is -0.452 e. The molecule has 0 saturated heterocycles. The zero-order valence-corrected chi connectivity index (χ0v) is 6.51. The number of carbonyl (C=O) groups is 1. The van der Waals surface area contributed by atoms with E-state index < -0.39 is 0 Å². The molecule has 1 fully saturated rings. The molecule has 0 unspecified atom stereocenters. The van der Waals surface area contributed by atoms with E-state index in [1.807, 2.05) is 6.08 Å². The molecular formula is C9H12O2. The van der Waals surface area contributed by atoms with Crippen molar-refractivity contribution in [1.29, 1.82) is 0 Å². The molecule has 1 spiro atoms. The van der Waals surface area contributed by atoms with E-state index in [1.165, 1.54) is 19.3 Å². The summed E-state index contributed by atoms with van der Waals surface area (Å²) in [6.45, 7) is 0. The van der Waals surface area contributed by atoms with Gasteiger partial charge in [0.1, 0.15) is 5.60 Å². The standard InChI is InChI=1S/C9H12O2/c10-8-4-7-9(11-8)5-2-1-3-6-9/h4,7H,1-3,5-6H2. The third-order valence-electron chi connectivity index (χ3n) is 2.53. The molecule has 0 aromatic heterocycles. The maximum atomic E-state index is 10.8. The highest BCUT2D eigenvalue weighted by atomic mass is 16.6. The summed E-state index contributed by atoms with van der Waals surface area (Å²) in [5.41, 5.74) is -0.185. The normalized spacial score (nSPS) is 27.5. The number of carbonyl (C=O) groups excluding carboxylic acids is 1. The SMILES string of the molecule is O=C1C=CC2(CCCCC2)O1. The second kappa shape index (κ2) is 2.36. The Kier molecular flexibility index (Phi) is 1.48. The van der Waals surface area contributed by atoms with E-state index >= 15 is 0 Å². The number of esters is 1. The van der Waals surface area contributed by atoms with Crippen molar-refractivity contribution in [3.05, 3.63) is 12.2 Å². The molecule has 0 bridgehead atoms. The van der Waals surface area contributed by atoms with E-state index in [-0.39, 0.29) is 11.6 Å². The predicted molar refractivity (Wildman–Crippen MR) is 41.0 cm³/mol. The third kappa shape index (κ3) is 1.17. The summed E-state index contributed by atoms with van der Waals surface area (Å²) in [5.74, 6) is -0.160. The minimum absolute atomic E-state index is 0.160. The van der Waals surface area contributed by atoms with Crippen LogP contribution in [0.25, 0.3) is 0 Å². The summed E-state index contributed by atoms with van der Waals surface area (Å²) in [7, 11) is 0. The van der Waals surface area contributed by atoms with Gasteiger partial charge in [-0.1, -0.05) is 6.42 Å². The largest absolute Gasteiger partial charge is 0.452 e. The molecule has 0 aromatic rings. The van der Waals surface area contributed by atoms with Crippen molar-refractivity contribution in [2.24, 2.45) is 0 Å². The fraction of sp³-hybridized carbons (Fsp3) is 0.667. The van der Waals surface area contributed by atoms with Crippen molar-refractivity contribution in [3.8, 4) is 0 Å². The quantitative estimate of drug-likeness (QED) is 0.495. The minimum atomic E-state index is -0.185. The van der Waals surface area contributed by atoms with Crippen molar-refractivity contribution in [1.82, 2.24) is 0 Å². The zero-order chi connectivity index (χ0) is 7.73. The second-order valence-electron chi connectivity index (χ2n) is 3.38. The second-order valence-corrected chi connectivity index (χ2v) is 3.38. The first-order valence-electron chi connectivity index (χ1n) is 4.23. The average molecular weight is 152 g/mol. The molecule has 1 aliphatic carbocycles. The Balaban J connectivity index is 2.10. The summed E-state index contributed by atoms with van der Waals surface area (Å²) in [4.78, 5) is 10.8. The van der Waals surface area contributed by atoms with Crippen LogP contribution in [0.2, 0.25) is 0 Å². The summed E-state index contributed by atoms with van der Waals surface area (Å²) in [6, 6.07) is 0. The van der Waals surface area contributed by atoms with Crippen LogP contribution in [-0.2, 0) is 9.53 Å². The van der Waals surface area contributed by atoms with E-state index in [2.05, 4.69) is 0 Å². The first-order chi connectivity index (χ1) is 5.31. The van der Waals surface area contributed by atoms with Crippen LogP contribution in [0, 0.1) is 0 Å². The molecule has 0 aromatic carbocycles. The lowest BCUT2D eigenvalue weighted by atomic mass is 9.85. The van der Waals surface area contributed by atoms with Crippen LogP contribution in [-0.4, -0.2) is 11.6 Å².